The van der Waals surface area contributed by atoms with Crippen LogP contribution in [0.25, 0.3) is 0 Å². The number of ether oxygens (including phenoxy) is 1. The molecule has 0 radical (unpaired) electrons. The standard InChI is InChI=1S/C19H21BrFNO3S/c1-13(22-26(23,24)17-7-4-14(11-20)5-8-17)16-6-9-18(21)19(10-16)25-12-15-2-3-15/h4-10,13,15,22H,2-3,11-12H2,1H3/t13-/m1/s1. The maximum absolute atomic E-state index is 13.9. The highest BCUT2D eigenvalue weighted by atomic mass is 79.9. The number of halogens is 2. The Bertz CT molecular complexity index is 867. The molecule has 0 bridgehead atoms. The highest BCUT2D eigenvalue weighted by molar-refractivity contribution is 9.08. The van der Waals surface area contributed by atoms with Crippen molar-refractivity contribution in [1.82, 2.24) is 4.72 Å². The highest BCUT2D eigenvalue weighted by Gasteiger charge is 2.23. The van der Waals surface area contributed by atoms with Crippen molar-refractivity contribution in [3.05, 3.63) is 59.4 Å². The maximum Gasteiger partial charge on any atom is 0.241 e. The van der Waals surface area contributed by atoms with Crippen LogP contribution in [0, 0.1) is 11.7 Å². The lowest BCUT2D eigenvalue weighted by atomic mass is 10.1. The minimum absolute atomic E-state index is 0.169. The second-order valence-electron chi connectivity index (χ2n) is 6.56. The van der Waals surface area contributed by atoms with E-state index in [1.807, 2.05) is 0 Å². The Morgan fingerprint density at radius 1 is 1.23 bits per heavy atom. The van der Waals surface area contributed by atoms with Gasteiger partial charge in [0.05, 0.1) is 11.5 Å². The van der Waals surface area contributed by atoms with Crippen LogP contribution in [0.3, 0.4) is 0 Å². The van der Waals surface area contributed by atoms with Crippen LogP contribution < -0.4 is 9.46 Å². The summed E-state index contributed by atoms with van der Waals surface area (Å²) in [6.45, 7) is 2.22. The number of alkyl halides is 1. The van der Waals surface area contributed by atoms with E-state index in [9.17, 15) is 12.8 Å². The summed E-state index contributed by atoms with van der Waals surface area (Å²) in [5, 5.41) is 0.663. The van der Waals surface area contributed by atoms with Crippen LogP contribution in [0.15, 0.2) is 47.4 Å². The maximum atomic E-state index is 13.9. The van der Waals surface area contributed by atoms with E-state index < -0.39 is 21.9 Å². The zero-order valence-corrected chi connectivity index (χ0v) is 16.8. The predicted molar refractivity (Wildman–Crippen MR) is 102 cm³/mol. The summed E-state index contributed by atoms with van der Waals surface area (Å²) < 4.78 is 47.2. The first kappa shape index (κ1) is 19.3. The van der Waals surface area contributed by atoms with Crippen molar-refractivity contribution in [2.75, 3.05) is 6.61 Å². The molecule has 0 aromatic heterocycles. The number of hydrogen-bond donors (Lipinski definition) is 1. The zero-order chi connectivity index (χ0) is 18.7. The van der Waals surface area contributed by atoms with Crippen molar-refractivity contribution in [3.8, 4) is 5.75 Å². The fraction of sp³-hybridized carbons (Fsp3) is 0.368. The SMILES string of the molecule is C[C@@H](NS(=O)(=O)c1ccc(CBr)cc1)c1ccc(F)c(OCC2CC2)c1. The number of nitrogens with one attached hydrogen (secondary N) is 1. The summed E-state index contributed by atoms with van der Waals surface area (Å²) in [6.07, 6.45) is 2.23. The van der Waals surface area contributed by atoms with Crippen LogP contribution in [-0.4, -0.2) is 15.0 Å². The number of rotatable bonds is 8. The molecular weight excluding hydrogens is 421 g/mol. The van der Waals surface area contributed by atoms with Gasteiger partial charge in [-0.3, -0.25) is 0 Å². The first-order valence-corrected chi connectivity index (χ1v) is 11.1. The Kier molecular flexibility index (Phi) is 5.99. The van der Waals surface area contributed by atoms with E-state index in [1.165, 1.54) is 6.07 Å². The zero-order valence-electron chi connectivity index (χ0n) is 14.4. The van der Waals surface area contributed by atoms with Crippen LogP contribution in [0.4, 0.5) is 4.39 Å². The van der Waals surface area contributed by atoms with Crippen LogP contribution in [0.1, 0.15) is 36.9 Å². The summed E-state index contributed by atoms with van der Waals surface area (Å²) in [4.78, 5) is 0.196. The molecule has 0 unspecified atom stereocenters. The van der Waals surface area contributed by atoms with Gasteiger partial charge < -0.3 is 4.74 Å². The van der Waals surface area contributed by atoms with Gasteiger partial charge in [-0.1, -0.05) is 34.1 Å². The molecule has 3 rings (SSSR count). The topological polar surface area (TPSA) is 55.4 Å². The van der Waals surface area contributed by atoms with Gasteiger partial charge in [0.15, 0.2) is 11.6 Å². The minimum Gasteiger partial charge on any atom is -0.490 e. The Hall–Kier alpha value is -1.44. The molecule has 7 heteroatoms. The summed E-state index contributed by atoms with van der Waals surface area (Å²) in [6, 6.07) is 10.6. The Morgan fingerprint density at radius 2 is 1.92 bits per heavy atom. The van der Waals surface area contributed by atoms with Crippen molar-refractivity contribution in [1.29, 1.82) is 0 Å². The largest absolute Gasteiger partial charge is 0.490 e. The third-order valence-electron chi connectivity index (χ3n) is 4.35. The summed E-state index contributed by atoms with van der Waals surface area (Å²) in [5.74, 6) is 0.244. The van der Waals surface area contributed by atoms with E-state index in [1.54, 1.807) is 43.3 Å². The van der Waals surface area contributed by atoms with Gasteiger partial charge in [-0.15, -0.1) is 0 Å². The lowest BCUT2D eigenvalue weighted by Crippen LogP contribution is -2.27. The van der Waals surface area contributed by atoms with E-state index in [2.05, 4.69) is 20.7 Å². The monoisotopic (exact) mass is 441 g/mol. The van der Waals surface area contributed by atoms with E-state index in [0.29, 0.717) is 23.4 Å². The molecule has 4 nitrogen and oxygen atoms in total. The van der Waals surface area contributed by atoms with E-state index in [4.69, 9.17) is 4.74 Å². The molecule has 1 fully saturated rings. The van der Waals surface area contributed by atoms with E-state index >= 15 is 0 Å². The fourth-order valence-electron chi connectivity index (χ4n) is 2.52. The van der Waals surface area contributed by atoms with Gasteiger partial charge in [-0.25, -0.2) is 17.5 Å². The normalized spacial score (nSPS) is 15.7. The van der Waals surface area contributed by atoms with Gasteiger partial charge in [-0.2, -0.15) is 0 Å². The summed E-state index contributed by atoms with van der Waals surface area (Å²) >= 11 is 3.33. The van der Waals surface area contributed by atoms with Gasteiger partial charge in [-0.05, 0) is 61.1 Å². The summed E-state index contributed by atoms with van der Waals surface area (Å²) in [7, 11) is -3.67. The van der Waals surface area contributed by atoms with Crippen molar-refractivity contribution < 1.29 is 17.5 Å². The molecule has 0 saturated heterocycles. The van der Waals surface area contributed by atoms with Crippen molar-refractivity contribution in [3.63, 3.8) is 0 Å². The van der Waals surface area contributed by atoms with Gasteiger partial charge in [0.1, 0.15) is 0 Å². The fourth-order valence-corrected chi connectivity index (χ4v) is 4.12. The van der Waals surface area contributed by atoms with Gasteiger partial charge in [0.25, 0.3) is 0 Å². The molecule has 2 aromatic carbocycles. The van der Waals surface area contributed by atoms with Gasteiger partial charge in [0, 0.05) is 11.4 Å². The Morgan fingerprint density at radius 3 is 2.54 bits per heavy atom. The van der Waals surface area contributed by atoms with Crippen LogP contribution in [-0.2, 0) is 15.4 Å². The van der Waals surface area contributed by atoms with Crippen molar-refractivity contribution >= 4 is 26.0 Å². The predicted octanol–water partition coefficient (Wildman–Crippen LogP) is 4.55. The molecular formula is C19H21BrFNO3S. The average molecular weight is 442 g/mol. The number of hydrogen-bond acceptors (Lipinski definition) is 3. The molecule has 1 atom stereocenters. The molecule has 140 valence electrons. The second-order valence-corrected chi connectivity index (χ2v) is 8.84. The number of benzene rings is 2. The first-order valence-electron chi connectivity index (χ1n) is 8.48. The van der Waals surface area contributed by atoms with Crippen LogP contribution >= 0.6 is 15.9 Å². The second kappa shape index (κ2) is 8.06. The smallest absolute Gasteiger partial charge is 0.241 e. The molecule has 2 aromatic rings. The molecule has 0 spiro atoms. The molecule has 1 aliphatic rings. The average Bonchev–Trinajstić information content (AvgIpc) is 3.45. The number of sulfonamides is 1. The first-order chi connectivity index (χ1) is 12.4. The van der Waals surface area contributed by atoms with Crippen molar-refractivity contribution in [2.24, 2.45) is 5.92 Å². The van der Waals surface area contributed by atoms with Crippen LogP contribution in [0.5, 0.6) is 5.75 Å². The quantitative estimate of drug-likeness (QED) is 0.611. The van der Waals surface area contributed by atoms with E-state index in [0.717, 1.165) is 18.4 Å². The van der Waals surface area contributed by atoms with Gasteiger partial charge in [0.2, 0.25) is 10.0 Å². The highest BCUT2D eigenvalue weighted by Crippen LogP contribution is 2.31. The molecule has 1 aliphatic carbocycles. The summed E-state index contributed by atoms with van der Waals surface area (Å²) in [5.41, 5.74) is 1.64. The molecule has 0 aliphatic heterocycles. The Labute approximate surface area is 161 Å². The molecule has 0 heterocycles. The minimum atomic E-state index is -3.67. The third-order valence-corrected chi connectivity index (χ3v) is 6.55. The van der Waals surface area contributed by atoms with E-state index in [-0.39, 0.29) is 10.6 Å². The lowest BCUT2D eigenvalue weighted by molar-refractivity contribution is 0.285. The van der Waals surface area contributed by atoms with Crippen molar-refractivity contribution in [2.45, 2.75) is 36.0 Å². The third kappa shape index (κ3) is 4.84. The molecule has 1 saturated carbocycles. The molecule has 0 amide bonds. The molecule has 26 heavy (non-hydrogen) atoms. The lowest BCUT2D eigenvalue weighted by Gasteiger charge is -2.16. The molecule has 1 N–H and O–H groups in total. The Balaban J connectivity index is 1.73. The van der Waals surface area contributed by atoms with Gasteiger partial charge >= 0.3 is 0 Å². The van der Waals surface area contributed by atoms with Crippen LogP contribution in [0.2, 0.25) is 0 Å².